The molecule has 1 saturated heterocycles. The topological polar surface area (TPSA) is 38.1 Å². The van der Waals surface area contributed by atoms with Crippen molar-refractivity contribution in [1.29, 1.82) is 0 Å². The van der Waals surface area contributed by atoms with Crippen LogP contribution in [0.15, 0.2) is 34.9 Å². The van der Waals surface area contributed by atoms with E-state index in [0.29, 0.717) is 6.04 Å². The number of nitrogens with zero attached hydrogens (tertiary/aromatic N) is 1. The summed E-state index contributed by atoms with van der Waals surface area (Å²) in [5.74, 6) is 0.820. The summed E-state index contributed by atoms with van der Waals surface area (Å²) < 4.78 is 5.58. The van der Waals surface area contributed by atoms with Crippen LogP contribution < -0.4 is 5.32 Å². The molecule has 1 atom stereocenters. The summed E-state index contributed by atoms with van der Waals surface area (Å²) in [6.45, 7) is 3.16. The zero-order valence-corrected chi connectivity index (χ0v) is 9.94. The van der Waals surface area contributed by atoms with Crippen LogP contribution in [0, 0.1) is 6.92 Å². The van der Waals surface area contributed by atoms with Gasteiger partial charge in [-0.05, 0) is 31.9 Å². The molecule has 88 valence electrons. The van der Waals surface area contributed by atoms with Gasteiger partial charge < -0.3 is 9.73 Å². The van der Waals surface area contributed by atoms with E-state index in [1.54, 1.807) is 6.26 Å². The summed E-state index contributed by atoms with van der Waals surface area (Å²) in [7, 11) is 0. The predicted octanol–water partition coefficient (Wildman–Crippen LogP) is 3.07. The van der Waals surface area contributed by atoms with Crippen molar-refractivity contribution < 1.29 is 4.42 Å². The fourth-order valence-corrected chi connectivity index (χ4v) is 2.33. The van der Waals surface area contributed by atoms with E-state index in [2.05, 4.69) is 29.4 Å². The van der Waals surface area contributed by atoms with Crippen LogP contribution in [0.2, 0.25) is 0 Å². The fraction of sp³-hybridized carbons (Fsp3) is 0.357. The summed E-state index contributed by atoms with van der Waals surface area (Å²) in [6.07, 6.45) is 4.08. The summed E-state index contributed by atoms with van der Waals surface area (Å²) in [6, 6.07) is 8.55. The zero-order chi connectivity index (χ0) is 11.7. The number of aromatic nitrogens is 1. The number of benzene rings is 1. The van der Waals surface area contributed by atoms with Gasteiger partial charge in [-0.15, -0.1) is 0 Å². The number of oxazole rings is 1. The summed E-state index contributed by atoms with van der Waals surface area (Å²) >= 11 is 0. The minimum atomic E-state index is 0.299. The Morgan fingerprint density at radius 2 is 2.24 bits per heavy atom. The van der Waals surface area contributed by atoms with Crippen molar-refractivity contribution in [3.8, 4) is 11.3 Å². The third-order valence-electron chi connectivity index (χ3n) is 3.30. The van der Waals surface area contributed by atoms with Crippen molar-refractivity contribution in [2.75, 3.05) is 6.54 Å². The van der Waals surface area contributed by atoms with Crippen molar-refractivity contribution in [3.05, 3.63) is 42.0 Å². The second-order valence-electron chi connectivity index (χ2n) is 4.53. The van der Waals surface area contributed by atoms with E-state index in [1.165, 1.54) is 12.0 Å². The number of nitrogens with one attached hydrogen (secondary N) is 1. The van der Waals surface area contributed by atoms with Crippen LogP contribution in [-0.4, -0.2) is 11.5 Å². The third kappa shape index (κ3) is 1.98. The second-order valence-corrected chi connectivity index (χ2v) is 4.53. The van der Waals surface area contributed by atoms with Crippen molar-refractivity contribution in [1.82, 2.24) is 10.3 Å². The van der Waals surface area contributed by atoms with Gasteiger partial charge in [0.05, 0.1) is 6.04 Å². The lowest BCUT2D eigenvalue weighted by Crippen LogP contribution is -2.12. The first-order valence-corrected chi connectivity index (χ1v) is 6.09. The largest absolute Gasteiger partial charge is 0.447 e. The molecule has 0 saturated carbocycles. The van der Waals surface area contributed by atoms with E-state index in [0.717, 1.165) is 30.1 Å². The molecule has 3 heteroatoms. The highest BCUT2D eigenvalue weighted by atomic mass is 16.3. The molecule has 0 amide bonds. The highest BCUT2D eigenvalue weighted by Crippen LogP contribution is 2.27. The predicted molar refractivity (Wildman–Crippen MR) is 66.7 cm³/mol. The Labute approximate surface area is 101 Å². The van der Waals surface area contributed by atoms with Gasteiger partial charge in [0.15, 0.2) is 0 Å². The highest BCUT2D eigenvalue weighted by Gasteiger charge is 2.21. The summed E-state index contributed by atoms with van der Waals surface area (Å²) in [4.78, 5) is 4.59. The smallest absolute Gasteiger partial charge is 0.211 e. The molecule has 1 fully saturated rings. The molecule has 1 aromatic heterocycles. The maximum atomic E-state index is 5.58. The highest BCUT2D eigenvalue weighted by molar-refractivity contribution is 5.62. The van der Waals surface area contributed by atoms with Gasteiger partial charge in [-0.2, -0.15) is 0 Å². The van der Waals surface area contributed by atoms with Crippen molar-refractivity contribution in [2.45, 2.75) is 25.8 Å². The molecular formula is C14H16N2O. The molecule has 17 heavy (non-hydrogen) atoms. The molecule has 0 aliphatic carbocycles. The van der Waals surface area contributed by atoms with Crippen LogP contribution >= 0.6 is 0 Å². The van der Waals surface area contributed by atoms with Crippen LogP contribution in [0.25, 0.3) is 11.3 Å². The van der Waals surface area contributed by atoms with E-state index in [1.807, 2.05) is 12.1 Å². The van der Waals surface area contributed by atoms with Crippen molar-refractivity contribution in [3.63, 3.8) is 0 Å². The Hall–Kier alpha value is -1.61. The lowest BCUT2D eigenvalue weighted by atomic mass is 10.1. The first kappa shape index (κ1) is 10.5. The van der Waals surface area contributed by atoms with E-state index in [-0.39, 0.29) is 0 Å². The van der Waals surface area contributed by atoms with Gasteiger partial charge in [-0.1, -0.05) is 24.3 Å². The molecule has 1 aliphatic rings. The molecule has 1 unspecified atom stereocenters. The first-order valence-electron chi connectivity index (χ1n) is 6.09. The molecule has 0 radical (unpaired) electrons. The van der Waals surface area contributed by atoms with Gasteiger partial charge in [-0.3, -0.25) is 0 Å². The molecule has 2 heterocycles. The van der Waals surface area contributed by atoms with Crippen LogP contribution in [0.1, 0.15) is 30.3 Å². The van der Waals surface area contributed by atoms with Crippen LogP contribution in [0.5, 0.6) is 0 Å². The Morgan fingerprint density at radius 1 is 1.35 bits per heavy atom. The Balaban J connectivity index is 1.92. The second kappa shape index (κ2) is 4.34. The fourth-order valence-electron chi connectivity index (χ4n) is 2.33. The molecule has 3 rings (SSSR count). The molecular weight excluding hydrogens is 212 g/mol. The molecule has 0 spiro atoms. The Bertz CT molecular complexity index is 512. The van der Waals surface area contributed by atoms with E-state index < -0.39 is 0 Å². The monoisotopic (exact) mass is 228 g/mol. The third-order valence-corrected chi connectivity index (χ3v) is 3.30. The van der Waals surface area contributed by atoms with Gasteiger partial charge in [0.25, 0.3) is 0 Å². The van der Waals surface area contributed by atoms with Crippen LogP contribution in [-0.2, 0) is 0 Å². The number of hydrogen-bond donors (Lipinski definition) is 1. The molecule has 2 aromatic rings. The first-order chi connectivity index (χ1) is 8.34. The maximum Gasteiger partial charge on any atom is 0.211 e. The Morgan fingerprint density at radius 3 is 3.00 bits per heavy atom. The van der Waals surface area contributed by atoms with Gasteiger partial charge in [0.2, 0.25) is 5.89 Å². The SMILES string of the molecule is Cc1ccccc1-c1coc(C2CCCN2)n1. The average Bonchev–Trinajstić information content (AvgIpc) is 3.00. The standard InChI is InChI=1S/C14H16N2O/c1-10-5-2-3-6-11(10)13-9-17-14(16-13)12-7-4-8-15-12/h2-3,5-6,9,12,15H,4,7-8H2,1H3. The molecule has 1 aromatic carbocycles. The number of hydrogen-bond acceptors (Lipinski definition) is 3. The van der Waals surface area contributed by atoms with E-state index in [9.17, 15) is 0 Å². The molecule has 1 N–H and O–H groups in total. The van der Waals surface area contributed by atoms with E-state index in [4.69, 9.17) is 4.42 Å². The normalized spacial score (nSPS) is 19.7. The van der Waals surface area contributed by atoms with Crippen LogP contribution in [0.3, 0.4) is 0 Å². The lowest BCUT2D eigenvalue weighted by Gasteiger charge is -2.03. The van der Waals surface area contributed by atoms with Crippen molar-refractivity contribution >= 4 is 0 Å². The van der Waals surface area contributed by atoms with Gasteiger partial charge in [0.1, 0.15) is 12.0 Å². The number of aryl methyl sites for hydroxylation is 1. The maximum absolute atomic E-state index is 5.58. The molecule has 1 aliphatic heterocycles. The Kier molecular flexibility index (Phi) is 2.69. The minimum absolute atomic E-state index is 0.299. The lowest BCUT2D eigenvalue weighted by molar-refractivity contribution is 0.429. The average molecular weight is 228 g/mol. The molecule has 0 bridgehead atoms. The van der Waals surface area contributed by atoms with Gasteiger partial charge >= 0.3 is 0 Å². The molecule has 3 nitrogen and oxygen atoms in total. The van der Waals surface area contributed by atoms with Crippen molar-refractivity contribution in [2.24, 2.45) is 0 Å². The zero-order valence-electron chi connectivity index (χ0n) is 9.94. The van der Waals surface area contributed by atoms with Crippen LogP contribution in [0.4, 0.5) is 0 Å². The van der Waals surface area contributed by atoms with Gasteiger partial charge in [0, 0.05) is 5.56 Å². The summed E-state index contributed by atoms with van der Waals surface area (Å²) in [5.41, 5.74) is 3.32. The number of rotatable bonds is 2. The quantitative estimate of drug-likeness (QED) is 0.858. The minimum Gasteiger partial charge on any atom is -0.447 e. The van der Waals surface area contributed by atoms with Gasteiger partial charge in [-0.25, -0.2) is 4.98 Å². The van der Waals surface area contributed by atoms with E-state index >= 15 is 0 Å². The summed E-state index contributed by atoms with van der Waals surface area (Å²) in [5, 5.41) is 3.40.